The zero-order chi connectivity index (χ0) is 11.1. The molecule has 2 heterocycles. The number of thiazole rings is 1. The Hall–Kier alpha value is -0.600. The van der Waals surface area contributed by atoms with Crippen LogP contribution in [0.5, 0.6) is 0 Å². The number of alkyl halides is 2. The van der Waals surface area contributed by atoms with Crippen molar-refractivity contribution in [2.24, 2.45) is 0 Å². The van der Waals surface area contributed by atoms with Crippen molar-refractivity contribution in [1.82, 2.24) is 4.98 Å². The molecule has 1 aliphatic rings. The van der Waals surface area contributed by atoms with Gasteiger partial charge < -0.3 is 9.45 Å². The van der Waals surface area contributed by atoms with E-state index >= 15 is 0 Å². The van der Waals surface area contributed by atoms with E-state index in [1.54, 1.807) is 0 Å². The van der Waals surface area contributed by atoms with Crippen LogP contribution in [-0.4, -0.2) is 32.8 Å². The molecule has 15 heavy (non-hydrogen) atoms. The van der Waals surface area contributed by atoms with E-state index in [1.165, 1.54) is 11.1 Å². The Labute approximate surface area is 91.2 Å². The van der Waals surface area contributed by atoms with Crippen molar-refractivity contribution < 1.29 is 17.5 Å². The molecule has 0 saturated carbocycles. The zero-order valence-electron chi connectivity index (χ0n) is 7.52. The summed E-state index contributed by atoms with van der Waals surface area (Å²) in [7, 11) is 0. The predicted octanol–water partition coefficient (Wildman–Crippen LogP) is 1.57. The monoisotopic (exact) mass is 254 g/mol. The number of nitrogens with zero attached hydrogens (tertiary/aromatic N) is 2. The molecule has 0 spiro atoms. The number of aromatic nitrogens is 1. The molecule has 0 radical (unpaired) electrons. The second-order valence-corrected chi connectivity index (χ2v) is 5.44. The Balaban J connectivity index is 2.14. The first-order valence-corrected chi connectivity index (χ1v) is 6.10. The summed E-state index contributed by atoms with van der Waals surface area (Å²) in [5.41, 5.74) is 0. The molecule has 8 heteroatoms. The lowest BCUT2D eigenvalue weighted by molar-refractivity contribution is 0.0257. The van der Waals surface area contributed by atoms with Crippen molar-refractivity contribution in [3.63, 3.8) is 0 Å². The first kappa shape index (κ1) is 10.9. The summed E-state index contributed by atoms with van der Waals surface area (Å²) < 4.78 is 45.4. The largest absolute Gasteiger partial charge is 0.342 e. The van der Waals surface area contributed by atoms with Gasteiger partial charge in [-0.25, -0.2) is 18.0 Å². The first-order chi connectivity index (χ1) is 6.98. The average molecular weight is 254 g/mol. The molecular weight excluding hydrogens is 246 g/mol. The molecule has 1 unspecified atom stereocenters. The van der Waals surface area contributed by atoms with Gasteiger partial charge in [0.2, 0.25) is 0 Å². The molecular formula is C7H8F2N2O2S2. The number of hydrogen-bond donors (Lipinski definition) is 1. The topological polar surface area (TPSA) is 53.4 Å². The first-order valence-electron chi connectivity index (χ1n) is 4.17. The minimum atomic E-state index is -2.68. The van der Waals surface area contributed by atoms with Gasteiger partial charge in [0.05, 0.1) is 12.7 Å². The Morgan fingerprint density at radius 1 is 1.67 bits per heavy atom. The maximum atomic E-state index is 12.9. The molecule has 1 saturated heterocycles. The van der Waals surface area contributed by atoms with Gasteiger partial charge in [-0.15, -0.1) is 0 Å². The van der Waals surface area contributed by atoms with Crippen LogP contribution in [0.15, 0.2) is 10.4 Å². The molecule has 0 aromatic carbocycles. The lowest BCUT2D eigenvalue weighted by atomic mass is 10.3. The fraction of sp³-hybridized carbons (Fsp3) is 0.571. The van der Waals surface area contributed by atoms with E-state index in [0.29, 0.717) is 5.13 Å². The normalized spacial score (nSPS) is 21.9. The van der Waals surface area contributed by atoms with Crippen LogP contribution in [-0.2, 0) is 11.1 Å². The standard InChI is InChI=1S/C7H8F2N2O2S2/c8-7(9)1-2-11(4-7)6-10-3-5(14-6)15(12)13/h3H,1-2,4H2,(H,12,13). The molecule has 1 aromatic heterocycles. The van der Waals surface area contributed by atoms with Crippen LogP contribution in [0.1, 0.15) is 6.42 Å². The fourth-order valence-corrected chi connectivity index (χ4v) is 2.70. The van der Waals surface area contributed by atoms with Crippen LogP contribution in [0.25, 0.3) is 0 Å². The van der Waals surface area contributed by atoms with Gasteiger partial charge in [-0.05, 0) is 0 Å². The Morgan fingerprint density at radius 3 is 2.87 bits per heavy atom. The number of anilines is 1. The van der Waals surface area contributed by atoms with Gasteiger partial charge in [0.15, 0.2) is 16.2 Å². The third kappa shape index (κ3) is 2.32. The highest BCUT2D eigenvalue weighted by molar-refractivity contribution is 7.81. The number of halogens is 2. The van der Waals surface area contributed by atoms with Crippen molar-refractivity contribution >= 4 is 27.5 Å². The molecule has 0 aliphatic carbocycles. The maximum Gasteiger partial charge on any atom is 0.267 e. The van der Waals surface area contributed by atoms with Crippen LogP contribution in [0.3, 0.4) is 0 Å². The van der Waals surface area contributed by atoms with Crippen molar-refractivity contribution in [3.05, 3.63) is 6.20 Å². The quantitative estimate of drug-likeness (QED) is 0.814. The van der Waals surface area contributed by atoms with E-state index in [9.17, 15) is 13.0 Å². The highest BCUT2D eigenvalue weighted by Crippen LogP contribution is 2.33. The van der Waals surface area contributed by atoms with Gasteiger partial charge in [0, 0.05) is 13.0 Å². The smallest absolute Gasteiger partial charge is 0.267 e. The van der Waals surface area contributed by atoms with Crippen LogP contribution in [0, 0.1) is 0 Å². The third-order valence-electron chi connectivity index (χ3n) is 2.08. The second kappa shape index (κ2) is 3.76. The molecule has 1 aromatic rings. The van der Waals surface area contributed by atoms with Gasteiger partial charge in [0.25, 0.3) is 5.92 Å². The highest BCUT2D eigenvalue weighted by atomic mass is 32.2. The molecule has 1 N–H and O–H groups in total. The molecule has 0 amide bonds. The summed E-state index contributed by atoms with van der Waals surface area (Å²) in [6, 6.07) is 0. The third-order valence-corrected chi connectivity index (χ3v) is 4.06. The zero-order valence-corrected chi connectivity index (χ0v) is 9.15. The second-order valence-electron chi connectivity index (χ2n) is 3.24. The molecule has 1 atom stereocenters. The number of hydrogen-bond acceptors (Lipinski definition) is 4. The van der Waals surface area contributed by atoms with Crippen LogP contribution in [0.2, 0.25) is 0 Å². The van der Waals surface area contributed by atoms with E-state index in [4.69, 9.17) is 4.55 Å². The Kier molecular flexibility index (Phi) is 2.73. The van der Waals surface area contributed by atoms with E-state index in [-0.39, 0.29) is 23.7 Å². The van der Waals surface area contributed by atoms with E-state index in [2.05, 4.69) is 4.98 Å². The molecule has 1 aliphatic heterocycles. The fourth-order valence-electron chi connectivity index (χ4n) is 1.38. The molecule has 4 nitrogen and oxygen atoms in total. The average Bonchev–Trinajstić information content (AvgIpc) is 2.70. The van der Waals surface area contributed by atoms with E-state index in [0.717, 1.165) is 11.3 Å². The lowest BCUT2D eigenvalue weighted by Gasteiger charge is -2.13. The van der Waals surface area contributed by atoms with Gasteiger partial charge in [-0.1, -0.05) is 11.3 Å². The number of rotatable bonds is 2. The highest BCUT2D eigenvalue weighted by Gasteiger charge is 2.39. The Morgan fingerprint density at radius 2 is 2.40 bits per heavy atom. The molecule has 2 rings (SSSR count). The minimum absolute atomic E-state index is 0.181. The Bertz CT molecular complexity index is 396. The van der Waals surface area contributed by atoms with Crippen molar-refractivity contribution in [2.45, 2.75) is 16.6 Å². The summed E-state index contributed by atoms with van der Waals surface area (Å²) in [6.45, 7) is -0.129. The van der Waals surface area contributed by atoms with E-state index < -0.39 is 17.0 Å². The predicted molar refractivity (Wildman–Crippen MR) is 52.9 cm³/mol. The summed E-state index contributed by atoms with van der Waals surface area (Å²) in [5.74, 6) is -2.68. The molecule has 1 fully saturated rings. The van der Waals surface area contributed by atoms with Crippen molar-refractivity contribution in [2.75, 3.05) is 18.0 Å². The summed E-state index contributed by atoms with van der Waals surface area (Å²) >= 11 is -1.12. The summed E-state index contributed by atoms with van der Waals surface area (Å²) in [5, 5.41) is 0.379. The summed E-state index contributed by atoms with van der Waals surface area (Å²) in [4.78, 5) is 5.27. The lowest BCUT2D eigenvalue weighted by Crippen LogP contribution is -2.24. The van der Waals surface area contributed by atoms with Gasteiger partial charge in [-0.3, -0.25) is 0 Å². The van der Waals surface area contributed by atoms with Gasteiger partial charge in [-0.2, -0.15) is 0 Å². The van der Waals surface area contributed by atoms with Crippen LogP contribution in [0.4, 0.5) is 13.9 Å². The SMILES string of the molecule is O=S(O)c1cnc(N2CCC(F)(F)C2)s1. The maximum absolute atomic E-state index is 12.9. The van der Waals surface area contributed by atoms with Crippen LogP contribution < -0.4 is 4.90 Å². The van der Waals surface area contributed by atoms with E-state index in [1.807, 2.05) is 0 Å². The minimum Gasteiger partial charge on any atom is -0.342 e. The molecule has 84 valence electrons. The van der Waals surface area contributed by atoms with Crippen molar-refractivity contribution in [1.29, 1.82) is 0 Å². The van der Waals surface area contributed by atoms with Gasteiger partial charge >= 0.3 is 0 Å². The summed E-state index contributed by atoms with van der Waals surface area (Å²) in [6.07, 6.45) is 1.05. The molecule has 0 bridgehead atoms. The van der Waals surface area contributed by atoms with Crippen LogP contribution >= 0.6 is 11.3 Å². The van der Waals surface area contributed by atoms with Crippen molar-refractivity contribution in [3.8, 4) is 0 Å². The van der Waals surface area contributed by atoms with Gasteiger partial charge in [0.1, 0.15) is 4.21 Å².